The molecule has 6 heteroatoms. The van der Waals surface area contributed by atoms with Gasteiger partial charge >= 0.3 is 6.03 Å². The third kappa shape index (κ3) is 4.38. The Morgan fingerprint density at radius 2 is 1.88 bits per heavy atom. The summed E-state index contributed by atoms with van der Waals surface area (Å²) < 4.78 is 5.25. The Hall–Kier alpha value is -1.82. The van der Waals surface area contributed by atoms with Gasteiger partial charge in [0.05, 0.1) is 19.9 Å². The molecule has 0 spiro atoms. The van der Waals surface area contributed by atoms with Gasteiger partial charge in [0.25, 0.3) is 0 Å². The van der Waals surface area contributed by atoms with Crippen LogP contribution in [0.5, 0.6) is 0 Å². The van der Waals surface area contributed by atoms with E-state index < -0.39 is 0 Å². The third-order valence-electron chi connectivity index (χ3n) is 4.24. The van der Waals surface area contributed by atoms with Crippen molar-refractivity contribution in [2.24, 2.45) is 0 Å². The summed E-state index contributed by atoms with van der Waals surface area (Å²) >= 11 is 0. The molecule has 0 unspecified atom stereocenters. The normalized spacial score (nSPS) is 15.6. The van der Waals surface area contributed by atoms with E-state index in [1.54, 1.807) is 4.90 Å². The second-order valence-corrected chi connectivity index (χ2v) is 5.75. The first kappa shape index (κ1) is 18.5. The van der Waals surface area contributed by atoms with Crippen molar-refractivity contribution in [3.63, 3.8) is 0 Å². The Kier molecular flexibility index (Phi) is 6.85. The molecule has 0 aliphatic carbocycles. The molecule has 1 heterocycles. The monoisotopic (exact) mass is 349 g/mol. The average molecular weight is 350 g/mol. The summed E-state index contributed by atoms with van der Waals surface area (Å²) in [6.07, 6.45) is 0. The molecule has 2 N–H and O–H groups in total. The number of ether oxygens (including phenoxy) is 1. The molecule has 0 aromatic heterocycles. The van der Waals surface area contributed by atoms with E-state index in [1.807, 2.05) is 6.07 Å². The van der Waals surface area contributed by atoms with Gasteiger partial charge in [-0.2, -0.15) is 0 Å². The summed E-state index contributed by atoms with van der Waals surface area (Å²) in [6, 6.07) is 14.8. The highest BCUT2D eigenvalue weighted by atomic mass is 35.5. The van der Waals surface area contributed by atoms with Crippen LogP contribution in [0.4, 0.5) is 4.79 Å². The van der Waals surface area contributed by atoms with Crippen LogP contribution in [0.1, 0.15) is 18.5 Å². The molecule has 0 radical (unpaired) electrons. The van der Waals surface area contributed by atoms with Crippen molar-refractivity contribution in [2.75, 3.05) is 33.0 Å². The van der Waals surface area contributed by atoms with Crippen LogP contribution in [0.2, 0.25) is 0 Å². The van der Waals surface area contributed by atoms with E-state index >= 15 is 0 Å². The van der Waals surface area contributed by atoms with Crippen molar-refractivity contribution in [1.82, 2.24) is 15.5 Å². The molecule has 1 aliphatic rings. The number of benzene rings is 2. The van der Waals surface area contributed by atoms with E-state index in [2.05, 4.69) is 54.0 Å². The van der Waals surface area contributed by atoms with Gasteiger partial charge in [-0.05, 0) is 23.3 Å². The predicted octanol–water partition coefficient (Wildman–Crippen LogP) is 2.91. The van der Waals surface area contributed by atoms with E-state index in [0.29, 0.717) is 33.0 Å². The number of fused-ring (bicyclic) bond motifs is 1. The van der Waals surface area contributed by atoms with Gasteiger partial charge in [0.1, 0.15) is 0 Å². The van der Waals surface area contributed by atoms with E-state index in [4.69, 9.17) is 4.74 Å². The zero-order valence-electron chi connectivity index (χ0n) is 13.8. The Bertz CT molecular complexity index is 669. The smallest absolute Gasteiger partial charge is 0.318 e. The standard InChI is InChI=1S/C18H23N3O2.ClH/c1-14(16-8-4-6-15-5-2-3-7-17(15)16)19-13-20-18(22)21-9-11-23-12-10-21;/h2-8,14,19H,9-13H2,1H3,(H,20,22);1H/t14-;/m1./s1. The number of carbonyl (C=O) groups is 1. The van der Waals surface area contributed by atoms with E-state index in [-0.39, 0.29) is 24.5 Å². The fourth-order valence-corrected chi connectivity index (χ4v) is 2.90. The lowest BCUT2D eigenvalue weighted by Crippen LogP contribution is -2.48. The van der Waals surface area contributed by atoms with E-state index in [0.717, 1.165) is 0 Å². The SMILES string of the molecule is C[C@@H](NCNC(=O)N1CCOCC1)c1cccc2ccccc12.Cl. The van der Waals surface area contributed by atoms with Crippen molar-refractivity contribution < 1.29 is 9.53 Å². The number of halogens is 1. The first-order chi connectivity index (χ1) is 11.3. The minimum absolute atomic E-state index is 0. The van der Waals surface area contributed by atoms with Gasteiger partial charge in [0, 0.05) is 19.1 Å². The first-order valence-electron chi connectivity index (χ1n) is 8.07. The number of carbonyl (C=O) groups excluding carboxylic acids is 1. The minimum atomic E-state index is -0.0362. The molecule has 3 rings (SSSR count). The molecular weight excluding hydrogens is 326 g/mol. The highest BCUT2D eigenvalue weighted by molar-refractivity contribution is 5.86. The second kappa shape index (κ2) is 8.87. The maximum absolute atomic E-state index is 12.0. The lowest BCUT2D eigenvalue weighted by atomic mass is 10.00. The summed E-state index contributed by atoms with van der Waals surface area (Å²) in [5.41, 5.74) is 1.24. The van der Waals surface area contributed by atoms with Crippen LogP contribution >= 0.6 is 12.4 Å². The van der Waals surface area contributed by atoms with Gasteiger partial charge in [0.15, 0.2) is 0 Å². The largest absolute Gasteiger partial charge is 0.378 e. The molecule has 24 heavy (non-hydrogen) atoms. The van der Waals surface area contributed by atoms with Crippen molar-refractivity contribution in [1.29, 1.82) is 0 Å². The van der Waals surface area contributed by atoms with Crippen LogP contribution in [0.15, 0.2) is 42.5 Å². The van der Waals surface area contributed by atoms with Gasteiger partial charge in [-0.3, -0.25) is 5.32 Å². The van der Waals surface area contributed by atoms with Crippen LogP contribution in [-0.4, -0.2) is 43.9 Å². The zero-order chi connectivity index (χ0) is 16.1. The molecule has 130 valence electrons. The van der Waals surface area contributed by atoms with Gasteiger partial charge in [-0.15, -0.1) is 12.4 Å². The maximum atomic E-state index is 12.0. The summed E-state index contributed by atoms with van der Waals surface area (Å²) in [4.78, 5) is 13.8. The van der Waals surface area contributed by atoms with Crippen molar-refractivity contribution in [3.8, 4) is 0 Å². The van der Waals surface area contributed by atoms with Crippen LogP contribution < -0.4 is 10.6 Å². The van der Waals surface area contributed by atoms with Gasteiger partial charge in [0.2, 0.25) is 0 Å². The topological polar surface area (TPSA) is 53.6 Å². The molecule has 1 fully saturated rings. The Morgan fingerprint density at radius 3 is 2.67 bits per heavy atom. The lowest BCUT2D eigenvalue weighted by molar-refractivity contribution is 0.0531. The fourth-order valence-electron chi connectivity index (χ4n) is 2.90. The summed E-state index contributed by atoms with van der Waals surface area (Å²) in [6.45, 7) is 5.11. The third-order valence-corrected chi connectivity index (χ3v) is 4.24. The molecule has 5 nitrogen and oxygen atoms in total. The molecule has 2 amide bonds. The van der Waals surface area contributed by atoms with Gasteiger partial charge in [-0.25, -0.2) is 4.79 Å². The average Bonchev–Trinajstić information content (AvgIpc) is 2.61. The Labute approximate surface area is 148 Å². The van der Waals surface area contributed by atoms with Crippen LogP contribution in [-0.2, 0) is 4.74 Å². The Balaban J connectivity index is 0.00000208. The van der Waals surface area contributed by atoms with Crippen LogP contribution in [0.25, 0.3) is 10.8 Å². The van der Waals surface area contributed by atoms with Crippen LogP contribution in [0, 0.1) is 0 Å². The zero-order valence-corrected chi connectivity index (χ0v) is 14.6. The van der Waals surface area contributed by atoms with Gasteiger partial charge < -0.3 is 15.0 Å². The highest BCUT2D eigenvalue weighted by Gasteiger charge is 2.16. The quantitative estimate of drug-likeness (QED) is 0.834. The fraction of sp³-hybridized carbons (Fsp3) is 0.389. The minimum Gasteiger partial charge on any atom is -0.378 e. The maximum Gasteiger partial charge on any atom is 0.318 e. The number of nitrogens with zero attached hydrogens (tertiary/aromatic N) is 1. The first-order valence-corrected chi connectivity index (χ1v) is 8.07. The number of nitrogens with one attached hydrogen (secondary N) is 2. The van der Waals surface area contributed by atoms with Crippen molar-refractivity contribution in [3.05, 3.63) is 48.0 Å². The van der Waals surface area contributed by atoms with E-state index in [9.17, 15) is 4.79 Å². The highest BCUT2D eigenvalue weighted by Crippen LogP contribution is 2.23. The molecule has 1 saturated heterocycles. The molecular formula is C18H24ClN3O2. The second-order valence-electron chi connectivity index (χ2n) is 5.75. The number of amides is 2. The molecule has 0 bridgehead atoms. The number of morpholine rings is 1. The molecule has 2 aromatic carbocycles. The van der Waals surface area contributed by atoms with Crippen molar-refractivity contribution in [2.45, 2.75) is 13.0 Å². The van der Waals surface area contributed by atoms with Crippen molar-refractivity contribution >= 4 is 29.2 Å². The molecule has 1 aliphatic heterocycles. The van der Waals surface area contributed by atoms with Crippen LogP contribution in [0.3, 0.4) is 0 Å². The number of rotatable bonds is 4. The summed E-state index contributed by atoms with van der Waals surface area (Å²) in [5, 5.41) is 8.77. The van der Waals surface area contributed by atoms with E-state index in [1.165, 1.54) is 16.3 Å². The summed E-state index contributed by atoms with van der Waals surface area (Å²) in [7, 11) is 0. The molecule has 1 atom stereocenters. The predicted molar refractivity (Wildman–Crippen MR) is 98.5 cm³/mol. The number of hydrogen-bond donors (Lipinski definition) is 2. The molecule has 0 saturated carbocycles. The lowest BCUT2D eigenvalue weighted by Gasteiger charge is -2.27. The summed E-state index contributed by atoms with van der Waals surface area (Å²) in [5.74, 6) is 0. The van der Waals surface area contributed by atoms with Gasteiger partial charge in [-0.1, -0.05) is 42.5 Å². The molecule has 2 aromatic rings. The Morgan fingerprint density at radius 1 is 1.17 bits per heavy atom. The number of urea groups is 1. The number of hydrogen-bond acceptors (Lipinski definition) is 3.